The number of morpholine rings is 1. The van der Waals surface area contributed by atoms with Crippen LogP contribution in [0.2, 0.25) is 0 Å². The topological polar surface area (TPSA) is 59.4 Å². The van der Waals surface area contributed by atoms with E-state index in [1.54, 1.807) is 22.0 Å². The second-order valence-electron chi connectivity index (χ2n) is 7.80. The predicted molar refractivity (Wildman–Crippen MR) is 123 cm³/mol. The third kappa shape index (κ3) is 3.52. The van der Waals surface area contributed by atoms with Crippen molar-refractivity contribution in [1.29, 1.82) is 0 Å². The van der Waals surface area contributed by atoms with E-state index in [0.29, 0.717) is 12.5 Å². The van der Waals surface area contributed by atoms with E-state index in [4.69, 9.17) is 9.72 Å². The van der Waals surface area contributed by atoms with Crippen molar-refractivity contribution in [2.24, 2.45) is 0 Å². The number of allylic oxidation sites excluding steroid dienone is 1. The number of aromatic nitrogens is 2. The maximum atomic E-state index is 13.3. The molecular formula is C23H26N4O2S. The molecule has 30 heavy (non-hydrogen) atoms. The normalized spacial score (nSPS) is 16.5. The molecular weight excluding hydrogens is 396 g/mol. The Balaban J connectivity index is 1.49. The van der Waals surface area contributed by atoms with Crippen LogP contribution < -0.4 is 15.8 Å². The number of fused-ring (bicyclic) bond motifs is 3. The number of rotatable bonds is 5. The standard InChI is InChI=1S/C23H26N4O2S/c1-2-11-27-22(28)20-18-5-3-4-6-19(18)30-21(20)25-23(27)24-16-7-9-17(10-8-16)26-12-14-29-15-13-26/h2,7-10H,1,3-6,11-15H2,(H,24,25). The summed E-state index contributed by atoms with van der Waals surface area (Å²) in [5.74, 6) is 0.574. The molecule has 3 heterocycles. The number of ether oxygens (including phenoxy) is 1. The summed E-state index contributed by atoms with van der Waals surface area (Å²) in [6, 6.07) is 8.29. The van der Waals surface area contributed by atoms with E-state index < -0.39 is 0 Å². The first kappa shape index (κ1) is 19.3. The number of aryl methyl sites for hydroxylation is 2. The lowest BCUT2D eigenvalue weighted by Crippen LogP contribution is -2.36. The zero-order chi connectivity index (χ0) is 20.5. The molecule has 2 aromatic heterocycles. The summed E-state index contributed by atoms with van der Waals surface area (Å²) in [6.07, 6.45) is 6.13. The van der Waals surface area contributed by atoms with Crippen molar-refractivity contribution in [3.63, 3.8) is 0 Å². The maximum absolute atomic E-state index is 13.3. The monoisotopic (exact) mass is 422 g/mol. The van der Waals surface area contributed by atoms with Gasteiger partial charge in [-0.1, -0.05) is 6.08 Å². The van der Waals surface area contributed by atoms with Crippen molar-refractivity contribution >= 4 is 38.9 Å². The largest absolute Gasteiger partial charge is 0.378 e. The number of anilines is 3. The van der Waals surface area contributed by atoms with Crippen LogP contribution in [0.15, 0.2) is 41.7 Å². The highest BCUT2D eigenvalue weighted by molar-refractivity contribution is 7.18. The lowest BCUT2D eigenvalue weighted by atomic mass is 9.97. The van der Waals surface area contributed by atoms with Gasteiger partial charge in [0.2, 0.25) is 5.95 Å². The van der Waals surface area contributed by atoms with Gasteiger partial charge in [-0.2, -0.15) is 0 Å². The van der Waals surface area contributed by atoms with Crippen LogP contribution >= 0.6 is 11.3 Å². The lowest BCUT2D eigenvalue weighted by Gasteiger charge is -2.29. The van der Waals surface area contributed by atoms with E-state index in [1.807, 2.05) is 12.1 Å². The molecule has 5 rings (SSSR count). The maximum Gasteiger partial charge on any atom is 0.264 e. The Morgan fingerprint density at radius 2 is 1.93 bits per heavy atom. The summed E-state index contributed by atoms with van der Waals surface area (Å²) in [4.78, 5) is 22.7. The molecule has 0 saturated carbocycles. The van der Waals surface area contributed by atoms with E-state index in [0.717, 1.165) is 61.5 Å². The second-order valence-corrected chi connectivity index (χ2v) is 8.89. The van der Waals surface area contributed by atoms with Crippen LogP contribution in [-0.4, -0.2) is 35.9 Å². The molecule has 0 spiro atoms. The van der Waals surface area contributed by atoms with E-state index >= 15 is 0 Å². The highest BCUT2D eigenvalue weighted by Gasteiger charge is 2.22. The van der Waals surface area contributed by atoms with Gasteiger partial charge in [-0.05, 0) is 55.5 Å². The molecule has 0 bridgehead atoms. The molecule has 1 aromatic carbocycles. The Labute approximate surface area is 179 Å². The number of hydrogen-bond acceptors (Lipinski definition) is 6. The molecule has 7 heteroatoms. The number of nitrogens with zero attached hydrogens (tertiary/aromatic N) is 3. The summed E-state index contributed by atoms with van der Waals surface area (Å²) < 4.78 is 7.14. The van der Waals surface area contributed by atoms with Gasteiger partial charge in [0.15, 0.2) is 0 Å². The Hall–Kier alpha value is -2.64. The van der Waals surface area contributed by atoms with Crippen LogP contribution in [0.25, 0.3) is 10.2 Å². The van der Waals surface area contributed by atoms with Crippen molar-refractivity contribution in [1.82, 2.24) is 9.55 Å². The van der Waals surface area contributed by atoms with Crippen molar-refractivity contribution in [3.05, 3.63) is 57.7 Å². The fourth-order valence-electron chi connectivity index (χ4n) is 4.34. The molecule has 156 valence electrons. The Bertz CT molecular complexity index is 1130. The highest BCUT2D eigenvalue weighted by atomic mass is 32.1. The lowest BCUT2D eigenvalue weighted by molar-refractivity contribution is 0.122. The van der Waals surface area contributed by atoms with E-state index in [9.17, 15) is 4.79 Å². The number of thiophene rings is 1. The molecule has 0 amide bonds. The zero-order valence-corrected chi connectivity index (χ0v) is 17.8. The Kier molecular flexibility index (Phi) is 5.31. The molecule has 1 saturated heterocycles. The average Bonchev–Trinajstić information content (AvgIpc) is 3.16. The number of hydrogen-bond donors (Lipinski definition) is 1. The predicted octanol–water partition coefficient (Wildman–Crippen LogP) is 4.10. The molecule has 0 radical (unpaired) electrons. The summed E-state index contributed by atoms with van der Waals surface area (Å²) in [5, 5.41) is 4.18. The molecule has 2 aliphatic rings. The van der Waals surface area contributed by atoms with E-state index in [2.05, 4.69) is 28.9 Å². The molecule has 1 aliphatic carbocycles. The fourth-order valence-corrected chi connectivity index (χ4v) is 5.59. The van der Waals surface area contributed by atoms with Crippen molar-refractivity contribution in [3.8, 4) is 0 Å². The highest BCUT2D eigenvalue weighted by Crippen LogP contribution is 2.34. The van der Waals surface area contributed by atoms with Gasteiger partial charge < -0.3 is 15.0 Å². The molecule has 0 unspecified atom stereocenters. The second kappa shape index (κ2) is 8.24. The molecule has 3 aromatic rings. The first-order valence-corrected chi connectivity index (χ1v) is 11.4. The van der Waals surface area contributed by atoms with Gasteiger partial charge in [-0.15, -0.1) is 17.9 Å². The Morgan fingerprint density at radius 1 is 1.17 bits per heavy atom. The zero-order valence-electron chi connectivity index (χ0n) is 17.0. The van der Waals surface area contributed by atoms with Crippen LogP contribution in [0.4, 0.5) is 17.3 Å². The van der Waals surface area contributed by atoms with Crippen LogP contribution in [0.1, 0.15) is 23.3 Å². The van der Waals surface area contributed by atoms with E-state index in [-0.39, 0.29) is 5.56 Å². The fraction of sp³-hybridized carbons (Fsp3) is 0.391. The summed E-state index contributed by atoms with van der Waals surface area (Å²) in [7, 11) is 0. The van der Waals surface area contributed by atoms with Crippen LogP contribution in [0.5, 0.6) is 0 Å². The molecule has 1 aliphatic heterocycles. The van der Waals surface area contributed by atoms with Gasteiger partial charge in [0.1, 0.15) is 4.83 Å². The molecule has 1 fully saturated rings. The van der Waals surface area contributed by atoms with Gasteiger partial charge >= 0.3 is 0 Å². The SMILES string of the molecule is C=CCn1c(Nc2ccc(N3CCOCC3)cc2)nc2sc3c(c2c1=O)CCCC3. The van der Waals surface area contributed by atoms with Crippen LogP contribution in [0.3, 0.4) is 0 Å². The number of benzene rings is 1. The quantitative estimate of drug-likeness (QED) is 0.627. The van der Waals surface area contributed by atoms with Crippen LogP contribution in [0, 0.1) is 0 Å². The summed E-state index contributed by atoms with van der Waals surface area (Å²) >= 11 is 1.68. The van der Waals surface area contributed by atoms with Crippen molar-refractivity contribution < 1.29 is 4.74 Å². The molecule has 6 nitrogen and oxygen atoms in total. The molecule has 1 N–H and O–H groups in total. The summed E-state index contributed by atoms with van der Waals surface area (Å²) in [6.45, 7) is 7.62. The average molecular weight is 423 g/mol. The minimum atomic E-state index is 0.0340. The van der Waals surface area contributed by atoms with Gasteiger partial charge in [0.25, 0.3) is 5.56 Å². The smallest absolute Gasteiger partial charge is 0.264 e. The third-order valence-electron chi connectivity index (χ3n) is 5.89. The van der Waals surface area contributed by atoms with E-state index in [1.165, 1.54) is 22.5 Å². The Morgan fingerprint density at radius 3 is 2.70 bits per heavy atom. The van der Waals surface area contributed by atoms with Gasteiger partial charge in [0, 0.05) is 35.9 Å². The van der Waals surface area contributed by atoms with Crippen molar-refractivity contribution in [2.45, 2.75) is 32.2 Å². The van der Waals surface area contributed by atoms with Gasteiger partial charge in [0.05, 0.1) is 18.6 Å². The van der Waals surface area contributed by atoms with Crippen LogP contribution in [-0.2, 0) is 24.1 Å². The first-order valence-electron chi connectivity index (χ1n) is 10.6. The molecule has 0 atom stereocenters. The minimum absolute atomic E-state index is 0.0340. The third-order valence-corrected chi connectivity index (χ3v) is 7.07. The first-order chi connectivity index (χ1) is 14.7. The van der Waals surface area contributed by atoms with Gasteiger partial charge in [-0.3, -0.25) is 9.36 Å². The van der Waals surface area contributed by atoms with Crippen molar-refractivity contribution in [2.75, 3.05) is 36.5 Å². The van der Waals surface area contributed by atoms with Gasteiger partial charge in [-0.25, -0.2) is 4.98 Å². The minimum Gasteiger partial charge on any atom is -0.378 e. The summed E-state index contributed by atoms with van der Waals surface area (Å²) in [5.41, 5.74) is 3.35. The number of nitrogens with one attached hydrogen (secondary N) is 1.